The van der Waals surface area contributed by atoms with Crippen LogP contribution in [0.15, 0.2) is 34.9 Å². The molecule has 40 heavy (non-hydrogen) atoms. The number of aliphatic hydroxyl groups is 1. The van der Waals surface area contributed by atoms with E-state index in [4.69, 9.17) is 14.6 Å². The predicted molar refractivity (Wildman–Crippen MR) is 152 cm³/mol. The molecule has 0 bridgehead atoms. The molecule has 4 N–H and O–H groups in total. The molecule has 1 aromatic carbocycles. The first-order valence-corrected chi connectivity index (χ1v) is 14.0. The third kappa shape index (κ3) is 4.62. The topological polar surface area (TPSA) is 132 Å². The lowest BCUT2D eigenvalue weighted by Gasteiger charge is -2.54. The standard InChI is InChI=1S/C31H36N4O5/c1-18-23(29(37)35-12-10-30(3,38)17-35)16-33-27(18)24(7-11-32)40-21-5-6-22-25(13-21)39-19(2)26(22)28(36)34-20-14-31(15-20)8-4-9-31/h5-7,11,13,16,20,32-33,38H,4,8-10,12,14-15,17H2,1-3H3,(H,34,36)/b24-7+,32-11?. The van der Waals surface area contributed by atoms with Crippen LogP contribution in [0.3, 0.4) is 0 Å². The number of furan rings is 1. The van der Waals surface area contributed by atoms with E-state index in [9.17, 15) is 14.7 Å². The number of H-pyrrole nitrogens is 1. The summed E-state index contributed by atoms with van der Waals surface area (Å²) in [6.07, 6.45) is 10.8. The van der Waals surface area contributed by atoms with Gasteiger partial charge in [-0.1, -0.05) is 6.42 Å². The summed E-state index contributed by atoms with van der Waals surface area (Å²) in [7, 11) is 0. The van der Waals surface area contributed by atoms with Crippen LogP contribution in [0.5, 0.6) is 5.75 Å². The lowest BCUT2D eigenvalue weighted by atomic mass is 9.54. The fourth-order valence-electron chi connectivity index (χ4n) is 6.61. The smallest absolute Gasteiger partial charge is 0.255 e. The normalized spacial score (nSPS) is 22.3. The van der Waals surface area contributed by atoms with Gasteiger partial charge in [-0.3, -0.25) is 9.59 Å². The highest BCUT2D eigenvalue weighted by Gasteiger charge is 2.48. The van der Waals surface area contributed by atoms with Gasteiger partial charge in [0.25, 0.3) is 11.8 Å². The molecule has 3 aliphatic rings. The molecule has 1 unspecified atom stereocenters. The number of fused-ring (bicyclic) bond motifs is 1. The van der Waals surface area contributed by atoms with Crippen molar-refractivity contribution in [1.29, 1.82) is 5.41 Å². The molecule has 2 amide bonds. The van der Waals surface area contributed by atoms with Gasteiger partial charge < -0.3 is 34.9 Å². The molecule has 2 saturated carbocycles. The zero-order valence-corrected chi connectivity index (χ0v) is 23.2. The number of carbonyl (C=O) groups excluding carboxylic acids is 2. The van der Waals surface area contributed by atoms with Crippen molar-refractivity contribution in [2.75, 3.05) is 13.1 Å². The summed E-state index contributed by atoms with van der Waals surface area (Å²) in [4.78, 5) is 31.0. The van der Waals surface area contributed by atoms with Crippen LogP contribution >= 0.6 is 0 Å². The summed E-state index contributed by atoms with van der Waals surface area (Å²) in [6.45, 7) is 6.14. The zero-order chi connectivity index (χ0) is 28.2. The van der Waals surface area contributed by atoms with Gasteiger partial charge in [-0.2, -0.15) is 0 Å². The Labute approximate surface area is 233 Å². The number of hydrogen-bond donors (Lipinski definition) is 4. The van der Waals surface area contributed by atoms with Crippen LogP contribution in [0.2, 0.25) is 0 Å². The number of aryl methyl sites for hydroxylation is 1. The number of carbonyl (C=O) groups is 2. The molecule has 1 atom stereocenters. The molecule has 0 radical (unpaired) electrons. The molecule has 3 heterocycles. The third-order valence-corrected chi connectivity index (χ3v) is 8.99. The number of aromatic nitrogens is 1. The van der Waals surface area contributed by atoms with E-state index in [-0.39, 0.29) is 24.4 Å². The molecular weight excluding hydrogens is 508 g/mol. The molecule has 3 aromatic rings. The Bertz CT molecular complexity index is 1530. The Kier molecular flexibility index (Phi) is 6.37. The van der Waals surface area contributed by atoms with E-state index in [1.807, 2.05) is 13.0 Å². The van der Waals surface area contributed by atoms with Crippen LogP contribution in [-0.2, 0) is 0 Å². The first kappa shape index (κ1) is 26.4. The summed E-state index contributed by atoms with van der Waals surface area (Å²) in [5.41, 5.74) is 2.47. The van der Waals surface area contributed by atoms with Crippen molar-refractivity contribution in [1.82, 2.24) is 15.2 Å². The van der Waals surface area contributed by atoms with E-state index in [2.05, 4.69) is 10.3 Å². The number of benzene rings is 1. The fraction of sp³-hybridized carbons (Fsp3) is 0.452. The number of amides is 2. The van der Waals surface area contributed by atoms with Gasteiger partial charge in [-0.25, -0.2) is 0 Å². The van der Waals surface area contributed by atoms with Gasteiger partial charge >= 0.3 is 0 Å². The van der Waals surface area contributed by atoms with E-state index in [1.54, 1.807) is 37.1 Å². The summed E-state index contributed by atoms with van der Waals surface area (Å²) in [5.74, 6) is 1.14. The van der Waals surface area contributed by atoms with Crippen LogP contribution in [0.25, 0.3) is 16.7 Å². The maximum Gasteiger partial charge on any atom is 0.255 e. The average Bonchev–Trinajstić information content (AvgIpc) is 3.52. The Balaban J connectivity index is 1.19. The number of rotatable bonds is 7. The molecule has 1 saturated heterocycles. The average molecular weight is 545 g/mol. The Morgan fingerprint density at radius 1 is 1.25 bits per heavy atom. The number of ether oxygens (including phenoxy) is 1. The van der Waals surface area contributed by atoms with E-state index < -0.39 is 5.60 Å². The minimum atomic E-state index is -0.878. The number of nitrogens with one attached hydrogen (secondary N) is 3. The second-order valence-corrected chi connectivity index (χ2v) is 12.1. The number of hydrogen-bond acceptors (Lipinski definition) is 6. The number of nitrogens with zero attached hydrogens (tertiary/aromatic N) is 1. The minimum Gasteiger partial charge on any atom is -0.460 e. The second-order valence-electron chi connectivity index (χ2n) is 12.1. The van der Waals surface area contributed by atoms with Gasteiger partial charge in [0, 0.05) is 49.1 Å². The van der Waals surface area contributed by atoms with Crippen LogP contribution in [-0.4, -0.2) is 57.8 Å². The highest BCUT2D eigenvalue weighted by molar-refractivity contribution is 6.07. The molecule has 210 valence electrons. The zero-order valence-electron chi connectivity index (χ0n) is 23.2. The van der Waals surface area contributed by atoms with Crippen molar-refractivity contribution in [2.24, 2.45) is 5.41 Å². The maximum atomic E-state index is 13.1. The summed E-state index contributed by atoms with van der Waals surface area (Å²) >= 11 is 0. The number of β-amino-alcohol motifs (C(OH)–C–C–N with tert-alkyl or cyclic N) is 1. The van der Waals surface area contributed by atoms with Crippen LogP contribution in [0.1, 0.15) is 83.2 Å². The van der Waals surface area contributed by atoms with Crippen molar-refractivity contribution in [3.05, 3.63) is 58.6 Å². The third-order valence-electron chi connectivity index (χ3n) is 8.99. The van der Waals surface area contributed by atoms with Crippen LogP contribution in [0, 0.1) is 24.7 Å². The predicted octanol–water partition coefficient (Wildman–Crippen LogP) is 5.11. The largest absolute Gasteiger partial charge is 0.460 e. The number of likely N-dealkylation sites (tertiary alicyclic amines) is 1. The van der Waals surface area contributed by atoms with Crippen molar-refractivity contribution in [3.8, 4) is 5.75 Å². The summed E-state index contributed by atoms with van der Waals surface area (Å²) in [6, 6.07) is 5.56. The van der Waals surface area contributed by atoms with Crippen molar-refractivity contribution in [2.45, 2.75) is 70.9 Å². The number of allylic oxidation sites excluding steroid dienone is 1. The summed E-state index contributed by atoms with van der Waals surface area (Å²) < 4.78 is 12.1. The lowest BCUT2D eigenvalue weighted by Crippen LogP contribution is -2.53. The molecular formula is C31H36N4O5. The molecule has 3 fully saturated rings. The molecule has 2 aliphatic carbocycles. The van der Waals surface area contributed by atoms with E-state index in [1.165, 1.54) is 25.3 Å². The van der Waals surface area contributed by atoms with Crippen molar-refractivity contribution >= 4 is 34.8 Å². The van der Waals surface area contributed by atoms with E-state index >= 15 is 0 Å². The highest BCUT2D eigenvalue weighted by Crippen LogP contribution is 2.55. The lowest BCUT2D eigenvalue weighted by molar-refractivity contribution is -0.000623. The SMILES string of the molecule is Cc1oc2cc(O/C(=C/C=N)c3[nH]cc(C(=O)N4CCC(C)(O)C4)c3C)ccc2c1C(=O)NC1CC2(CCC2)C1. The second kappa shape index (κ2) is 9.66. The summed E-state index contributed by atoms with van der Waals surface area (Å²) in [5, 5.41) is 21.8. The van der Waals surface area contributed by atoms with Gasteiger partial charge in [-0.05, 0) is 76.0 Å². The maximum absolute atomic E-state index is 13.1. The van der Waals surface area contributed by atoms with Gasteiger partial charge in [0.2, 0.25) is 0 Å². The molecule has 1 spiro atoms. The van der Waals surface area contributed by atoms with E-state index in [0.717, 1.165) is 24.4 Å². The van der Waals surface area contributed by atoms with Gasteiger partial charge in [0.1, 0.15) is 17.1 Å². The van der Waals surface area contributed by atoms with E-state index in [0.29, 0.717) is 63.6 Å². The van der Waals surface area contributed by atoms with Crippen LogP contribution < -0.4 is 10.1 Å². The molecule has 6 rings (SSSR count). The first-order valence-electron chi connectivity index (χ1n) is 14.0. The monoisotopic (exact) mass is 544 g/mol. The Morgan fingerprint density at radius 2 is 2.02 bits per heavy atom. The fourth-order valence-corrected chi connectivity index (χ4v) is 6.61. The molecule has 1 aliphatic heterocycles. The Hall–Kier alpha value is -3.85. The minimum absolute atomic E-state index is 0.104. The van der Waals surface area contributed by atoms with Gasteiger partial charge in [0.15, 0.2) is 5.76 Å². The van der Waals surface area contributed by atoms with Crippen molar-refractivity contribution < 1.29 is 23.8 Å². The van der Waals surface area contributed by atoms with Crippen LogP contribution in [0.4, 0.5) is 0 Å². The van der Waals surface area contributed by atoms with Crippen molar-refractivity contribution in [3.63, 3.8) is 0 Å². The number of aromatic amines is 1. The van der Waals surface area contributed by atoms with Gasteiger partial charge in [-0.15, -0.1) is 0 Å². The first-order chi connectivity index (χ1) is 19.1. The highest BCUT2D eigenvalue weighted by atomic mass is 16.5. The Morgan fingerprint density at radius 3 is 2.67 bits per heavy atom. The van der Waals surface area contributed by atoms with Gasteiger partial charge in [0.05, 0.1) is 22.4 Å². The molecule has 2 aromatic heterocycles. The molecule has 9 heteroatoms. The molecule has 9 nitrogen and oxygen atoms in total. The quantitative estimate of drug-likeness (QED) is 0.243.